The number of nitrogens with one attached hydrogen (secondary N) is 1. The van der Waals surface area contributed by atoms with Crippen molar-refractivity contribution in [3.8, 4) is 0 Å². The van der Waals surface area contributed by atoms with Crippen molar-refractivity contribution in [3.05, 3.63) is 33.8 Å². The lowest BCUT2D eigenvalue weighted by atomic mass is 9.97. The highest BCUT2D eigenvalue weighted by atomic mass is 79.9. The molecule has 2 unspecified atom stereocenters. The largest absolute Gasteiger partial charge is 0.374 e. The third-order valence-corrected chi connectivity index (χ3v) is 3.45. The number of benzene rings is 1. The normalized spacial score (nSPS) is 23.1. The van der Waals surface area contributed by atoms with Gasteiger partial charge in [0.25, 0.3) is 0 Å². The Labute approximate surface area is 104 Å². The molecule has 2 rings (SSSR count). The molecule has 3 N–H and O–H groups in total. The van der Waals surface area contributed by atoms with Crippen molar-refractivity contribution in [2.24, 2.45) is 5.73 Å². The molecule has 4 heteroatoms. The van der Waals surface area contributed by atoms with E-state index < -0.39 is 0 Å². The van der Waals surface area contributed by atoms with Gasteiger partial charge in [-0.2, -0.15) is 0 Å². The van der Waals surface area contributed by atoms with Crippen molar-refractivity contribution < 1.29 is 4.74 Å². The van der Waals surface area contributed by atoms with Crippen LogP contribution >= 0.6 is 15.9 Å². The Morgan fingerprint density at radius 3 is 3.06 bits per heavy atom. The van der Waals surface area contributed by atoms with Crippen LogP contribution in [0.25, 0.3) is 0 Å². The van der Waals surface area contributed by atoms with E-state index in [4.69, 9.17) is 10.5 Å². The van der Waals surface area contributed by atoms with E-state index in [2.05, 4.69) is 40.3 Å². The predicted octanol–water partition coefficient (Wildman–Crippen LogP) is 1.75. The van der Waals surface area contributed by atoms with E-state index in [1.807, 2.05) is 6.07 Å². The molecule has 0 aromatic heterocycles. The van der Waals surface area contributed by atoms with Crippen LogP contribution < -0.4 is 11.1 Å². The van der Waals surface area contributed by atoms with Crippen LogP contribution in [0.15, 0.2) is 22.7 Å². The highest BCUT2D eigenvalue weighted by molar-refractivity contribution is 9.10. The number of hydrogen-bond donors (Lipinski definition) is 2. The zero-order valence-corrected chi connectivity index (χ0v) is 11.0. The van der Waals surface area contributed by atoms with Crippen LogP contribution in [0.5, 0.6) is 0 Å². The Kier molecular flexibility index (Phi) is 3.97. The maximum Gasteiger partial charge on any atom is 0.0892 e. The summed E-state index contributed by atoms with van der Waals surface area (Å²) in [6, 6.07) is 6.13. The molecule has 0 amide bonds. The Hall–Kier alpha value is -0.420. The lowest BCUT2D eigenvalue weighted by molar-refractivity contribution is 0.0121. The van der Waals surface area contributed by atoms with E-state index in [9.17, 15) is 0 Å². The standard InChI is InChI=1S/C12H17BrN2O/c1-8-2-3-9(13)6-10(8)12(14)11-7-15-4-5-16-11/h2-3,6,11-12,15H,4-5,7,14H2,1H3. The number of hydrogen-bond acceptors (Lipinski definition) is 3. The van der Waals surface area contributed by atoms with Crippen molar-refractivity contribution in [3.63, 3.8) is 0 Å². The lowest BCUT2D eigenvalue weighted by Crippen LogP contribution is -2.44. The Morgan fingerprint density at radius 2 is 2.38 bits per heavy atom. The third kappa shape index (κ3) is 2.63. The fourth-order valence-corrected chi connectivity index (χ4v) is 2.37. The number of morpholine rings is 1. The summed E-state index contributed by atoms with van der Waals surface area (Å²) in [5.41, 5.74) is 8.62. The Bertz CT molecular complexity index is 364. The van der Waals surface area contributed by atoms with Crippen molar-refractivity contribution in [1.29, 1.82) is 0 Å². The molecule has 16 heavy (non-hydrogen) atoms. The molecule has 0 spiro atoms. The summed E-state index contributed by atoms with van der Waals surface area (Å²) in [7, 11) is 0. The lowest BCUT2D eigenvalue weighted by Gasteiger charge is -2.29. The molecule has 1 aromatic rings. The summed E-state index contributed by atoms with van der Waals surface area (Å²) >= 11 is 3.48. The first-order valence-corrected chi connectivity index (χ1v) is 6.32. The predicted molar refractivity (Wildman–Crippen MR) is 68.4 cm³/mol. The van der Waals surface area contributed by atoms with Gasteiger partial charge < -0.3 is 15.8 Å². The number of aryl methyl sites for hydroxylation is 1. The van der Waals surface area contributed by atoms with Gasteiger partial charge in [-0.1, -0.05) is 22.0 Å². The highest BCUT2D eigenvalue weighted by Gasteiger charge is 2.23. The van der Waals surface area contributed by atoms with Gasteiger partial charge in [0, 0.05) is 17.6 Å². The first kappa shape index (κ1) is 12.0. The van der Waals surface area contributed by atoms with E-state index in [0.717, 1.165) is 29.7 Å². The summed E-state index contributed by atoms with van der Waals surface area (Å²) in [5.74, 6) is 0. The average molecular weight is 285 g/mol. The molecule has 1 heterocycles. The second-order valence-corrected chi connectivity index (χ2v) is 5.06. The van der Waals surface area contributed by atoms with Crippen molar-refractivity contribution >= 4 is 15.9 Å². The first-order valence-electron chi connectivity index (χ1n) is 5.52. The molecule has 1 aliphatic heterocycles. The minimum Gasteiger partial charge on any atom is -0.374 e. The van der Waals surface area contributed by atoms with E-state index in [1.54, 1.807) is 0 Å². The van der Waals surface area contributed by atoms with E-state index in [-0.39, 0.29) is 12.1 Å². The van der Waals surface area contributed by atoms with E-state index in [1.165, 1.54) is 5.56 Å². The Balaban J connectivity index is 2.18. The van der Waals surface area contributed by atoms with Crippen LogP contribution in [0.3, 0.4) is 0 Å². The molecule has 0 radical (unpaired) electrons. The smallest absolute Gasteiger partial charge is 0.0892 e. The van der Waals surface area contributed by atoms with Gasteiger partial charge in [0.05, 0.1) is 18.8 Å². The van der Waals surface area contributed by atoms with Gasteiger partial charge in [-0.3, -0.25) is 0 Å². The molecule has 1 aliphatic rings. The van der Waals surface area contributed by atoms with E-state index >= 15 is 0 Å². The van der Waals surface area contributed by atoms with Gasteiger partial charge in [-0.25, -0.2) is 0 Å². The van der Waals surface area contributed by atoms with Gasteiger partial charge in [-0.05, 0) is 30.2 Å². The maximum absolute atomic E-state index is 6.25. The van der Waals surface area contributed by atoms with Crippen molar-refractivity contribution in [2.75, 3.05) is 19.7 Å². The minimum atomic E-state index is -0.0645. The average Bonchev–Trinajstić information content (AvgIpc) is 2.32. The van der Waals surface area contributed by atoms with Gasteiger partial charge in [0.1, 0.15) is 0 Å². The van der Waals surface area contributed by atoms with Crippen LogP contribution in [0.1, 0.15) is 17.2 Å². The topological polar surface area (TPSA) is 47.3 Å². The number of rotatable bonds is 2. The molecule has 1 aromatic carbocycles. The van der Waals surface area contributed by atoms with Gasteiger partial charge in [-0.15, -0.1) is 0 Å². The molecule has 88 valence electrons. The third-order valence-electron chi connectivity index (χ3n) is 2.96. The number of halogens is 1. The maximum atomic E-state index is 6.25. The number of ether oxygens (including phenoxy) is 1. The molecular weight excluding hydrogens is 268 g/mol. The second kappa shape index (κ2) is 5.27. The monoisotopic (exact) mass is 284 g/mol. The molecule has 0 aliphatic carbocycles. The zero-order valence-electron chi connectivity index (χ0n) is 9.37. The van der Waals surface area contributed by atoms with Crippen LogP contribution in [-0.4, -0.2) is 25.8 Å². The number of nitrogens with two attached hydrogens (primary N) is 1. The highest BCUT2D eigenvalue weighted by Crippen LogP contribution is 2.24. The molecule has 2 atom stereocenters. The van der Waals surface area contributed by atoms with Crippen LogP contribution in [0.4, 0.5) is 0 Å². The zero-order chi connectivity index (χ0) is 11.5. The molecular formula is C12H17BrN2O. The molecule has 1 saturated heterocycles. The first-order chi connectivity index (χ1) is 7.68. The van der Waals surface area contributed by atoms with Gasteiger partial charge in [0.15, 0.2) is 0 Å². The summed E-state index contributed by atoms with van der Waals surface area (Å²) in [5, 5.41) is 3.30. The van der Waals surface area contributed by atoms with Gasteiger partial charge in [0.2, 0.25) is 0 Å². The fourth-order valence-electron chi connectivity index (χ4n) is 1.99. The molecule has 3 nitrogen and oxygen atoms in total. The van der Waals surface area contributed by atoms with Crippen LogP contribution in [0, 0.1) is 6.92 Å². The minimum absolute atomic E-state index is 0.0645. The molecule has 0 bridgehead atoms. The van der Waals surface area contributed by atoms with Crippen molar-refractivity contribution in [2.45, 2.75) is 19.1 Å². The van der Waals surface area contributed by atoms with Crippen LogP contribution in [-0.2, 0) is 4.74 Å². The van der Waals surface area contributed by atoms with Crippen LogP contribution in [0.2, 0.25) is 0 Å². The summed E-state index contributed by atoms with van der Waals surface area (Å²) in [6.07, 6.45) is 0.0711. The summed E-state index contributed by atoms with van der Waals surface area (Å²) < 4.78 is 6.75. The van der Waals surface area contributed by atoms with Gasteiger partial charge >= 0.3 is 0 Å². The Morgan fingerprint density at radius 1 is 1.56 bits per heavy atom. The quantitative estimate of drug-likeness (QED) is 0.870. The second-order valence-electron chi connectivity index (χ2n) is 4.14. The molecule has 0 saturated carbocycles. The summed E-state index contributed by atoms with van der Waals surface area (Å²) in [4.78, 5) is 0. The van der Waals surface area contributed by atoms with E-state index in [0.29, 0.717) is 0 Å². The van der Waals surface area contributed by atoms with Crippen molar-refractivity contribution in [1.82, 2.24) is 5.32 Å². The molecule has 1 fully saturated rings. The fraction of sp³-hybridized carbons (Fsp3) is 0.500. The summed E-state index contributed by atoms with van der Waals surface area (Å²) in [6.45, 7) is 4.57. The SMILES string of the molecule is Cc1ccc(Br)cc1C(N)C1CNCCO1.